The maximum Gasteiger partial charge on any atom is 0.325 e. The molecule has 152 valence electrons. The molecule has 1 aliphatic rings. The summed E-state index contributed by atoms with van der Waals surface area (Å²) in [6.45, 7) is 6.61. The standard InChI is InChI=1S/C18H26F2N4O2.HI/c1-18(2,3)26-16(25)10-22-17(21-4)23-13-7-8-24(11-13)15-6-5-12(19)9-14(15)20;/h5-6,9,13H,7-8,10-11H2,1-4H3,(H2,21,22,23);1H. The van der Waals surface area contributed by atoms with Crippen LogP contribution < -0.4 is 15.5 Å². The van der Waals surface area contributed by atoms with E-state index < -0.39 is 17.2 Å². The predicted molar refractivity (Wildman–Crippen MR) is 113 cm³/mol. The molecule has 27 heavy (non-hydrogen) atoms. The van der Waals surface area contributed by atoms with Crippen LogP contribution in [-0.4, -0.2) is 50.3 Å². The van der Waals surface area contributed by atoms with Crippen LogP contribution in [-0.2, 0) is 9.53 Å². The van der Waals surface area contributed by atoms with Gasteiger partial charge in [-0.15, -0.1) is 24.0 Å². The molecule has 0 aliphatic carbocycles. The van der Waals surface area contributed by atoms with E-state index in [1.807, 2.05) is 4.90 Å². The fraction of sp³-hybridized carbons (Fsp3) is 0.556. The van der Waals surface area contributed by atoms with Gasteiger partial charge in [0.1, 0.15) is 23.8 Å². The number of aliphatic imine (C=N–C) groups is 1. The fourth-order valence-corrected chi connectivity index (χ4v) is 2.76. The summed E-state index contributed by atoms with van der Waals surface area (Å²) in [7, 11) is 1.61. The number of esters is 1. The minimum Gasteiger partial charge on any atom is -0.459 e. The predicted octanol–water partition coefficient (Wildman–Crippen LogP) is 2.67. The number of nitrogens with zero attached hydrogens (tertiary/aromatic N) is 2. The molecule has 0 amide bonds. The molecule has 2 rings (SSSR count). The number of anilines is 1. The Morgan fingerprint density at radius 3 is 2.67 bits per heavy atom. The highest BCUT2D eigenvalue weighted by Gasteiger charge is 2.25. The summed E-state index contributed by atoms with van der Waals surface area (Å²) in [5.74, 6) is -1.06. The van der Waals surface area contributed by atoms with E-state index in [1.165, 1.54) is 12.1 Å². The molecule has 1 aromatic rings. The first kappa shape index (κ1) is 23.4. The zero-order valence-electron chi connectivity index (χ0n) is 16.0. The number of benzene rings is 1. The van der Waals surface area contributed by atoms with Gasteiger partial charge in [0.15, 0.2) is 5.96 Å². The highest BCUT2D eigenvalue weighted by Crippen LogP contribution is 2.24. The van der Waals surface area contributed by atoms with Crippen molar-refractivity contribution in [1.82, 2.24) is 10.6 Å². The number of hydrogen-bond donors (Lipinski definition) is 2. The number of ether oxygens (including phenoxy) is 1. The molecule has 0 bridgehead atoms. The highest BCUT2D eigenvalue weighted by atomic mass is 127. The number of carbonyl (C=O) groups excluding carboxylic acids is 1. The zero-order chi connectivity index (χ0) is 19.3. The number of guanidine groups is 1. The lowest BCUT2D eigenvalue weighted by Gasteiger charge is -2.22. The molecule has 1 aliphatic heterocycles. The average molecular weight is 496 g/mol. The van der Waals surface area contributed by atoms with Crippen molar-refractivity contribution in [3.63, 3.8) is 0 Å². The number of nitrogens with one attached hydrogen (secondary N) is 2. The van der Waals surface area contributed by atoms with Crippen LogP contribution in [0.25, 0.3) is 0 Å². The van der Waals surface area contributed by atoms with Gasteiger partial charge in [0.2, 0.25) is 0 Å². The maximum absolute atomic E-state index is 13.9. The van der Waals surface area contributed by atoms with Gasteiger partial charge in [-0.25, -0.2) is 8.78 Å². The van der Waals surface area contributed by atoms with Gasteiger partial charge in [0.05, 0.1) is 5.69 Å². The van der Waals surface area contributed by atoms with Crippen molar-refractivity contribution < 1.29 is 18.3 Å². The first-order chi connectivity index (χ1) is 12.2. The van der Waals surface area contributed by atoms with Gasteiger partial charge in [-0.1, -0.05) is 0 Å². The van der Waals surface area contributed by atoms with E-state index in [-0.39, 0.29) is 42.5 Å². The van der Waals surface area contributed by atoms with Gasteiger partial charge >= 0.3 is 5.97 Å². The number of carbonyl (C=O) groups is 1. The Labute approximate surface area is 175 Å². The van der Waals surface area contributed by atoms with E-state index in [0.29, 0.717) is 24.7 Å². The van der Waals surface area contributed by atoms with Crippen molar-refractivity contribution >= 4 is 41.6 Å². The van der Waals surface area contributed by atoms with Gasteiger partial charge in [0, 0.05) is 32.2 Å². The quantitative estimate of drug-likeness (QED) is 0.291. The largest absolute Gasteiger partial charge is 0.459 e. The molecule has 6 nitrogen and oxygen atoms in total. The van der Waals surface area contributed by atoms with Crippen molar-refractivity contribution in [2.45, 2.75) is 38.8 Å². The van der Waals surface area contributed by atoms with E-state index >= 15 is 0 Å². The average Bonchev–Trinajstić information content (AvgIpc) is 2.98. The van der Waals surface area contributed by atoms with E-state index in [2.05, 4.69) is 15.6 Å². The molecule has 0 radical (unpaired) electrons. The second kappa shape index (κ2) is 10.0. The van der Waals surface area contributed by atoms with E-state index in [1.54, 1.807) is 27.8 Å². The molecule has 0 spiro atoms. The molecule has 1 heterocycles. The smallest absolute Gasteiger partial charge is 0.325 e. The number of halogens is 3. The number of hydrogen-bond acceptors (Lipinski definition) is 4. The molecule has 0 saturated carbocycles. The molecular formula is C18H27F2IN4O2. The van der Waals surface area contributed by atoms with Crippen molar-refractivity contribution in [2.24, 2.45) is 4.99 Å². The normalized spacial score (nSPS) is 17.3. The first-order valence-corrected chi connectivity index (χ1v) is 8.57. The van der Waals surface area contributed by atoms with Crippen LogP contribution in [0.4, 0.5) is 14.5 Å². The molecule has 1 atom stereocenters. The first-order valence-electron chi connectivity index (χ1n) is 8.57. The van der Waals surface area contributed by atoms with Crippen molar-refractivity contribution in [1.29, 1.82) is 0 Å². The van der Waals surface area contributed by atoms with Crippen molar-refractivity contribution in [3.05, 3.63) is 29.8 Å². The molecule has 2 N–H and O–H groups in total. The van der Waals surface area contributed by atoms with Gasteiger partial charge < -0.3 is 20.3 Å². The Morgan fingerprint density at radius 2 is 2.07 bits per heavy atom. The fourth-order valence-electron chi connectivity index (χ4n) is 2.76. The Morgan fingerprint density at radius 1 is 1.37 bits per heavy atom. The van der Waals surface area contributed by atoms with E-state index in [4.69, 9.17) is 4.74 Å². The van der Waals surface area contributed by atoms with Gasteiger partial charge in [-0.2, -0.15) is 0 Å². The Bertz CT molecular complexity index is 680. The van der Waals surface area contributed by atoms with E-state index in [9.17, 15) is 13.6 Å². The topological polar surface area (TPSA) is 66.0 Å². The molecule has 9 heteroatoms. The van der Waals surface area contributed by atoms with Crippen LogP contribution in [0.5, 0.6) is 0 Å². The van der Waals surface area contributed by atoms with Gasteiger partial charge in [-0.05, 0) is 39.3 Å². The van der Waals surface area contributed by atoms with Gasteiger partial charge in [0.25, 0.3) is 0 Å². The maximum atomic E-state index is 13.9. The Balaban J connectivity index is 0.00000364. The lowest BCUT2D eigenvalue weighted by molar-refractivity contribution is -0.153. The zero-order valence-corrected chi connectivity index (χ0v) is 18.3. The number of rotatable bonds is 4. The minimum atomic E-state index is -0.591. The summed E-state index contributed by atoms with van der Waals surface area (Å²) < 4.78 is 32.2. The van der Waals surface area contributed by atoms with Crippen LogP contribution in [0.1, 0.15) is 27.2 Å². The summed E-state index contributed by atoms with van der Waals surface area (Å²) in [5.41, 5.74) is -0.159. The van der Waals surface area contributed by atoms with Gasteiger partial charge in [-0.3, -0.25) is 9.79 Å². The third kappa shape index (κ3) is 7.47. The monoisotopic (exact) mass is 496 g/mol. The summed E-state index contributed by atoms with van der Waals surface area (Å²) >= 11 is 0. The van der Waals surface area contributed by atoms with Crippen LogP contribution in [0, 0.1) is 11.6 Å². The van der Waals surface area contributed by atoms with Crippen LogP contribution in [0.2, 0.25) is 0 Å². The Hall–Kier alpha value is -1.65. The molecule has 1 fully saturated rings. The lowest BCUT2D eigenvalue weighted by atomic mass is 10.2. The molecule has 0 aromatic heterocycles. The Kier molecular flexibility index (Phi) is 8.70. The lowest BCUT2D eigenvalue weighted by Crippen LogP contribution is -2.46. The second-order valence-electron chi connectivity index (χ2n) is 7.18. The summed E-state index contributed by atoms with van der Waals surface area (Å²) in [6, 6.07) is 3.62. The molecule has 1 unspecified atom stereocenters. The molecule has 1 aromatic carbocycles. The second-order valence-corrected chi connectivity index (χ2v) is 7.18. The van der Waals surface area contributed by atoms with Crippen molar-refractivity contribution in [2.75, 3.05) is 31.6 Å². The SMILES string of the molecule is CN=C(NCC(=O)OC(C)(C)C)NC1CCN(c2ccc(F)cc2F)C1.I. The summed E-state index contributed by atoms with van der Waals surface area (Å²) in [4.78, 5) is 17.7. The van der Waals surface area contributed by atoms with Crippen LogP contribution in [0.3, 0.4) is 0 Å². The third-order valence-corrected chi connectivity index (χ3v) is 3.82. The van der Waals surface area contributed by atoms with E-state index in [0.717, 1.165) is 12.5 Å². The van der Waals surface area contributed by atoms with Crippen LogP contribution >= 0.6 is 24.0 Å². The molecular weight excluding hydrogens is 469 g/mol. The summed E-state index contributed by atoms with van der Waals surface area (Å²) in [5, 5.41) is 6.12. The summed E-state index contributed by atoms with van der Waals surface area (Å²) in [6.07, 6.45) is 0.768. The minimum absolute atomic E-state index is 0. The third-order valence-electron chi connectivity index (χ3n) is 3.82. The van der Waals surface area contributed by atoms with Crippen LogP contribution in [0.15, 0.2) is 23.2 Å². The van der Waals surface area contributed by atoms with Crippen molar-refractivity contribution in [3.8, 4) is 0 Å². The highest BCUT2D eigenvalue weighted by molar-refractivity contribution is 14.0. The molecule has 1 saturated heterocycles.